The van der Waals surface area contributed by atoms with Gasteiger partial charge in [0.15, 0.2) is 0 Å². The van der Waals surface area contributed by atoms with Crippen LogP contribution in [0.4, 0.5) is 11.4 Å². The lowest BCUT2D eigenvalue weighted by molar-refractivity contribution is -0.119. The number of benzene rings is 2. The second kappa shape index (κ2) is 7.46. The fraction of sp³-hybridized carbons (Fsp3) is 0.286. The molecule has 2 aromatic rings. The first-order valence-corrected chi connectivity index (χ1v) is 9.31. The number of hydrogen-bond donors (Lipinski definition) is 2. The van der Waals surface area contributed by atoms with Crippen molar-refractivity contribution in [3.63, 3.8) is 0 Å². The molecule has 1 atom stereocenters. The Morgan fingerprint density at radius 2 is 1.97 bits per heavy atom. The zero-order chi connectivity index (χ0) is 20.5. The van der Waals surface area contributed by atoms with Crippen LogP contribution in [0.2, 0.25) is 0 Å². The predicted octanol–water partition coefficient (Wildman–Crippen LogP) is 2.51. The van der Waals surface area contributed by atoms with Crippen LogP contribution in [-0.4, -0.2) is 49.4 Å². The zero-order valence-corrected chi connectivity index (χ0v) is 16.2. The maximum Gasteiger partial charge on any atom is 0.259 e. The van der Waals surface area contributed by atoms with Crippen LogP contribution in [0.1, 0.15) is 33.6 Å². The Hall–Kier alpha value is -3.55. The molecule has 1 unspecified atom stereocenters. The molecule has 150 valence electrons. The molecule has 0 aromatic heterocycles. The normalized spacial score (nSPS) is 17.7. The first-order chi connectivity index (χ1) is 14.0. The molecule has 0 bridgehead atoms. The lowest BCUT2D eigenvalue weighted by Crippen LogP contribution is -2.40. The van der Waals surface area contributed by atoms with E-state index in [1.165, 1.54) is 14.2 Å². The maximum atomic E-state index is 12.9. The van der Waals surface area contributed by atoms with Crippen molar-refractivity contribution in [1.82, 2.24) is 4.90 Å². The van der Waals surface area contributed by atoms with E-state index in [4.69, 9.17) is 9.47 Å². The number of rotatable bonds is 4. The molecule has 2 heterocycles. The largest absolute Gasteiger partial charge is 0.497 e. The molecule has 2 aliphatic heterocycles. The number of carbonyl (C=O) groups is 3. The van der Waals surface area contributed by atoms with E-state index in [1.54, 1.807) is 41.3 Å². The van der Waals surface area contributed by atoms with Crippen LogP contribution in [0.25, 0.3) is 0 Å². The molecule has 2 aliphatic rings. The van der Waals surface area contributed by atoms with Gasteiger partial charge in [0.05, 0.1) is 31.0 Å². The average molecular weight is 395 g/mol. The van der Waals surface area contributed by atoms with E-state index in [1.807, 2.05) is 0 Å². The molecule has 1 saturated heterocycles. The molecule has 2 aromatic carbocycles. The van der Waals surface area contributed by atoms with Crippen molar-refractivity contribution in [2.24, 2.45) is 0 Å². The number of methoxy groups -OCH3 is 2. The fourth-order valence-corrected chi connectivity index (χ4v) is 3.75. The summed E-state index contributed by atoms with van der Waals surface area (Å²) >= 11 is 0. The molecule has 2 N–H and O–H groups in total. The van der Waals surface area contributed by atoms with E-state index < -0.39 is 6.04 Å². The number of fused-ring (bicyclic) bond motifs is 2. The minimum absolute atomic E-state index is 0.172. The summed E-state index contributed by atoms with van der Waals surface area (Å²) in [7, 11) is 3.01. The van der Waals surface area contributed by atoms with Crippen LogP contribution in [0.3, 0.4) is 0 Å². The molecular weight excluding hydrogens is 374 g/mol. The Kier molecular flexibility index (Phi) is 4.84. The Morgan fingerprint density at radius 3 is 2.72 bits per heavy atom. The average Bonchev–Trinajstić information content (AvgIpc) is 3.20. The van der Waals surface area contributed by atoms with Gasteiger partial charge < -0.3 is 25.0 Å². The molecule has 0 aliphatic carbocycles. The van der Waals surface area contributed by atoms with Gasteiger partial charge in [-0.1, -0.05) is 0 Å². The molecule has 0 spiro atoms. The van der Waals surface area contributed by atoms with Crippen molar-refractivity contribution in [2.75, 3.05) is 31.4 Å². The van der Waals surface area contributed by atoms with Crippen molar-refractivity contribution in [1.29, 1.82) is 0 Å². The summed E-state index contributed by atoms with van der Waals surface area (Å²) in [6, 6.07) is 9.34. The topological polar surface area (TPSA) is 97.0 Å². The number of amides is 3. The first-order valence-electron chi connectivity index (χ1n) is 9.31. The highest BCUT2D eigenvalue weighted by Gasteiger charge is 2.38. The summed E-state index contributed by atoms with van der Waals surface area (Å²) in [6.07, 6.45) is 1.46. The summed E-state index contributed by atoms with van der Waals surface area (Å²) < 4.78 is 10.4. The highest BCUT2D eigenvalue weighted by molar-refractivity contribution is 6.12. The van der Waals surface area contributed by atoms with Gasteiger partial charge in [0.1, 0.15) is 17.5 Å². The van der Waals surface area contributed by atoms with Gasteiger partial charge in [0.25, 0.3) is 11.8 Å². The Bertz CT molecular complexity index is 1000. The summed E-state index contributed by atoms with van der Waals surface area (Å²) in [4.78, 5) is 39.7. The highest BCUT2D eigenvalue weighted by atomic mass is 16.5. The van der Waals surface area contributed by atoms with Gasteiger partial charge in [-0.25, -0.2) is 0 Å². The van der Waals surface area contributed by atoms with Gasteiger partial charge in [-0.15, -0.1) is 0 Å². The van der Waals surface area contributed by atoms with Gasteiger partial charge in [-0.2, -0.15) is 0 Å². The van der Waals surface area contributed by atoms with Crippen LogP contribution in [0, 0.1) is 0 Å². The summed E-state index contributed by atoms with van der Waals surface area (Å²) in [5.74, 6) is 0.187. The number of carbonyl (C=O) groups excluding carboxylic acids is 3. The number of anilines is 2. The highest BCUT2D eigenvalue weighted by Crippen LogP contribution is 2.31. The van der Waals surface area contributed by atoms with Crippen LogP contribution in [0.15, 0.2) is 36.4 Å². The second-order valence-electron chi connectivity index (χ2n) is 6.93. The Labute approximate surface area is 167 Å². The minimum Gasteiger partial charge on any atom is -0.497 e. The number of hydrogen-bond acceptors (Lipinski definition) is 5. The number of ether oxygens (including phenoxy) is 2. The zero-order valence-electron chi connectivity index (χ0n) is 16.2. The van der Waals surface area contributed by atoms with E-state index in [-0.39, 0.29) is 17.7 Å². The van der Waals surface area contributed by atoms with Crippen LogP contribution in [0.5, 0.6) is 11.5 Å². The molecule has 29 heavy (non-hydrogen) atoms. The summed E-state index contributed by atoms with van der Waals surface area (Å²) in [5.41, 5.74) is 1.60. The third-order valence-electron chi connectivity index (χ3n) is 5.24. The molecular formula is C21H21N3O5. The fourth-order valence-electron chi connectivity index (χ4n) is 3.75. The van der Waals surface area contributed by atoms with Crippen molar-refractivity contribution < 1.29 is 23.9 Å². The molecule has 8 nitrogen and oxygen atoms in total. The molecule has 4 rings (SSSR count). The van der Waals surface area contributed by atoms with Crippen molar-refractivity contribution in [2.45, 2.75) is 18.9 Å². The van der Waals surface area contributed by atoms with Gasteiger partial charge in [-0.3, -0.25) is 14.4 Å². The monoisotopic (exact) mass is 395 g/mol. The molecule has 0 radical (unpaired) electrons. The van der Waals surface area contributed by atoms with E-state index in [0.29, 0.717) is 47.0 Å². The Morgan fingerprint density at radius 1 is 1.14 bits per heavy atom. The third kappa shape index (κ3) is 3.37. The molecule has 8 heteroatoms. The third-order valence-corrected chi connectivity index (χ3v) is 5.24. The number of nitrogens with zero attached hydrogens (tertiary/aromatic N) is 1. The first kappa shape index (κ1) is 18.8. The standard InChI is InChI=1S/C21H21N3O5/c1-28-13-6-7-14(18(11-13)29-2)19(25)22-12-5-8-16-15(10-12)21(27)24-9-3-4-17(24)20(26)23-16/h5-8,10-11,17H,3-4,9H2,1-2H3,(H,22,25)(H,23,26). The van der Waals surface area contributed by atoms with E-state index in [9.17, 15) is 14.4 Å². The summed E-state index contributed by atoms with van der Waals surface area (Å²) in [5, 5.41) is 5.61. The predicted molar refractivity (Wildman–Crippen MR) is 107 cm³/mol. The minimum atomic E-state index is -0.434. The lowest BCUT2D eigenvalue weighted by atomic mass is 10.1. The van der Waals surface area contributed by atoms with E-state index >= 15 is 0 Å². The van der Waals surface area contributed by atoms with Crippen LogP contribution < -0.4 is 20.1 Å². The SMILES string of the molecule is COc1ccc(C(=O)Nc2ccc3c(c2)C(=O)N2CCCC2C(=O)N3)c(OC)c1. The van der Waals surface area contributed by atoms with Crippen LogP contribution >= 0.6 is 0 Å². The maximum absolute atomic E-state index is 12.9. The van der Waals surface area contributed by atoms with Crippen molar-refractivity contribution in [3.8, 4) is 11.5 Å². The molecule has 3 amide bonds. The van der Waals surface area contributed by atoms with Gasteiger partial charge in [0, 0.05) is 18.3 Å². The van der Waals surface area contributed by atoms with E-state index in [2.05, 4.69) is 10.6 Å². The van der Waals surface area contributed by atoms with Crippen molar-refractivity contribution in [3.05, 3.63) is 47.5 Å². The van der Waals surface area contributed by atoms with E-state index in [0.717, 1.165) is 6.42 Å². The van der Waals surface area contributed by atoms with Gasteiger partial charge >= 0.3 is 0 Å². The smallest absolute Gasteiger partial charge is 0.259 e. The quantitative estimate of drug-likeness (QED) is 0.829. The molecule has 0 saturated carbocycles. The van der Waals surface area contributed by atoms with Crippen molar-refractivity contribution >= 4 is 29.1 Å². The molecule has 1 fully saturated rings. The second-order valence-corrected chi connectivity index (χ2v) is 6.93. The Balaban J connectivity index is 1.62. The van der Waals surface area contributed by atoms with Crippen LogP contribution in [-0.2, 0) is 4.79 Å². The lowest BCUT2D eigenvalue weighted by Gasteiger charge is -2.20. The summed E-state index contributed by atoms with van der Waals surface area (Å²) in [6.45, 7) is 0.552. The number of nitrogens with one attached hydrogen (secondary N) is 2. The van der Waals surface area contributed by atoms with Gasteiger partial charge in [0.2, 0.25) is 5.91 Å². The van der Waals surface area contributed by atoms with Gasteiger partial charge in [-0.05, 0) is 43.2 Å².